The van der Waals surface area contributed by atoms with Crippen LogP contribution in [0.5, 0.6) is 5.75 Å². The number of benzene rings is 3. The SMILES string of the molecule is COc1ccccc1N1CCN(C(=O)c2cn(-c3ccccc3)nc2-c2ccc(Cl)cc2)CC1. The number of para-hydroxylation sites is 3. The topological polar surface area (TPSA) is 50.6 Å². The smallest absolute Gasteiger partial charge is 0.257 e. The molecule has 7 heteroatoms. The van der Waals surface area contributed by atoms with Crippen molar-refractivity contribution in [2.24, 2.45) is 0 Å². The molecule has 0 unspecified atom stereocenters. The first kappa shape index (κ1) is 22.0. The molecule has 0 radical (unpaired) electrons. The number of anilines is 1. The maximum Gasteiger partial charge on any atom is 0.257 e. The Morgan fingerprint density at radius 3 is 2.26 bits per heavy atom. The summed E-state index contributed by atoms with van der Waals surface area (Å²) in [5.41, 5.74) is 4.04. The zero-order valence-corrected chi connectivity index (χ0v) is 19.7. The van der Waals surface area contributed by atoms with E-state index in [4.69, 9.17) is 21.4 Å². The van der Waals surface area contributed by atoms with Gasteiger partial charge in [0.25, 0.3) is 5.91 Å². The third kappa shape index (κ3) is 4.37. The molecule has 0 spiro atoms. The Bertz CT molecular complexity index is 1280. The Morgan fingerprint density at radius 1 is 0.882 bits per heavy atom. The molecule has 1 amide bonds. The van der Waals surface area contributed by atoms with Gasteiger partial charge in [-0.3, -0.25) is 4.79 Å². The third-order valence-corrected chi connectivity index (χ3v) is 6.33. The van der Waals surface area contributed by atoms with Gasteiger partial charge in [-0.05, 0) is 36.4 Å². The van der Waals surface area contributed by atoms with E-state index in [9.17, 15) is 4.79 Å². The van der Waals surface area contributed by atoms with Gasteiger partial charge < -0.3 is 14.5 Å². The van der Waals surface area contributed by atoms with Crippen molar-refractivity contribution >= 4 is 23.2 Å². The fraction of sp³-hybridized carbons (Fsp3) is 0.185. The average molecular weight is 473 g/mol. The number of hydrogen-bond donors (Lipinski definition) is 0. The maximum absolute atomic E-state index is 13.7. The van der Waals surface area contributed by atoms with Gasteiger partial charge in [-0.2, -0.15) is 5.10 Å². The number of rotatable bonds is 5. The van der Waals surface area contributed by atoms with Gasteiger partial charge in [0.15, 0.2) is 0 Å². The summed E-state index contributed by atoms with van der Waals surface area (Å²) in [4.78, 5) is 17.8. The lowest BCUT2D eigenvalue weighted by Gasteiger charge is -2.36. The molecule has 3 aromatic carbocycles. The van der Waals surface area contributed by atoms with Crippen molar-refractivity contribution in [3.8, 4) is 22.7 Å². The van der Waals surface area contributed by atoms with Gasteiger partial charge in [-0.15, -0.1) is 0 Å². The number of ether oxygens (including phenoxy) is 1. The van der Waals surface area contributed by atoms with Crippen LogP contribution in [-0.4, -0.2) is 53.9 Å². The summed E-state index contributed by atoms with van der Waals surface area (Å²) < 4.78 is 7.28. The predicted octanol–water partition coefficient (Wildman–Crippen LogP) is 5.16. The first-order chi connectivity index (χ1) is 16.6. The number of halogens is 1. The van der Waals surface area contributed by atoms with E-state index < -0.39 is 0 Å². The summed E-state index contributed by atoms with van der Waals surface area (Å²) in [6.45, 7) is 2.70. The van der Waals surface area contributed by atoms with Crippen LogP contribution in [0.15, 0.2) is 85.1 Å². The number of carbonyl (C=O) groups is 1. The fourth-order valence-corrected chi connectivity index (χ4v) is 4.40. The van der Waals surface area contributed by atoms with Crippen molar-refractivity contribution in [3.63, 3.8) is 0 Å². The molecule has 1 aromatic heterocycles. The molecular weight excluding hydrogens is 448 g/mol. The minimum absolute atomic E-state index is 0.0215. The summed E-state index contributed by atoms with van der Waals surface area (Å²) >= 11 is 6.10. The first-order valence-corrected chi connectivity index (χ1v) is 11.6. The highest BCUT2D eigenvalue weighted by molar-refractivity contribution is 6.30. The fourth-order valence-electron chi connectivity index (χ4n) is 4.28. The van der Waals surface area contributed by atoms with E-state index >= 15 is 0 Å². The Kier molecular flexibility index (Phi) is 6.23. The average Bonchev–Trinajstić information content (AvgIpc) is 3.35. The van der Waals surface area contributed by atoms with Crippen LogP contribution in [0.3, 0.4) is 0 Å². The van der Waals surface area contributed by atoms with E-state index in [-0.39, 0.29) is 5.91 Å². The lowest BCUT2D eigenvalue weighted by atomic mass is 10.1. The molecule has 1 fully saturated rings. The highest BCUT2D eigenvalue weighted by Crippen LogP contribution is 2.30. The molecule has 172 valence electrons. The number of nitrogens with zero attached hydrogens (tertiary/aromatic N) is 4. The molecule has 0 aliphatic carbocycles. The summed E-state index contributed by atoms with van der Waals surface area (Å²) in [6.07, 6.45) is 1.83. The maximum atomic E-state index is 13.7. The summed E-state index contributed by atoms with van der Waals surface area (Å²) in [6, 6.07) is 25.2. The largest absolute Gasteiger partial charge is 0.495 e. The minimum Gasteiger partial charge on any atom is -0.495 e. The first-order valence-electron chi connectivity index (χ1n) is 11.2. The highest BCUT2D eigenvalue weighted by atomic mass is 35.5. The van der Waals surface area contributed by atoms with Gasteiger partial charge >= 0.3 is 0 Å². The van der Waals surface area contributed by atoms with Gasteiger partial charge in [0.2, 0.25) is 0 Å². The van der Waals surface area contributed by atoms with E-state index in [0.717, 1.165) is 35.8 Å². The van der Waals surface area contributed by atoms with Crippen LogP contribution in [0, 0.1) is 0 Å². The monoisotopic (exact) mass is 472 g/mol. The molecule has 4 aromatic rings. The Morgan fingerprint density at radius 2 is 1.56 bits per heavy atom. The van der Waals surface area contributed by atoms with E-state index in [1.54, 1.807) is 11.8 Å². The second-order valence-electron chi connectivity index (χ2n) is 8.13. The molecule has 2 heterocycles. The molecule has 1 aliphatic heterocycles. The van der Waals surface area contributed by atoms with Crippen molar-refractivity contribution in [3.05, 3.63) is 95.6 Å². The van der Waals surface area contributed by atoms with E-state index in [2.05, 4.69) is 11.0 Å². The molecule has 34 heavy (non-hydrogen) atoms. The molecule has 1 saturated heterocycles. The van der Waals surface area contributed by atoms with Crippen molar-refractivity contribution in [1.29, 1.82) is 0 Å². The van der Waals surface area contributed by atoms with Crippen molar-refractivity contribution in [2.75, 3.05) is 38.2 Å². The van der Waals surface area contributed by atoms with E-state index in [0.29, 0.717) is 29.4 Å². The van der Waals surface area contributed by atoms with Gasteiger partial charge in [-0.25, -0.2) is 4.68 Å². The normalized spacial score (nSPS) is 13.7. The Hall–Kier alpha value is -3.77. The summed E-state index contributed by atoms with van der Waals surface area (Å²) in [7, 11) is 1.68. The summed E-state index contributed by atoms with van der Waals surface area (Å²) in [5, 5.41) is 5.43. The molecular formula is C27H25ClN4O2. The number of aromatic nitrogens is 2. The van der Waals surface area contributed by atoms with Crippen LogP contribution in [-0.2, 0) is 0 Å². The molecule has 5 rings (SSSR count). The van der Waals surface area contributed by atoms with Gasteiger partial charge in [0, 0.05) is 43.0 Å². The second-order valence-corrected chi connectivity index (χ2v) is 8.57. The Labute approximate surface area is 203 Å². The molecule has 0 bridgehead atoms. The highest BCUT2D eigenvalue weighted by Gasteiger charge is 2.27. The lowest BCUT2D eigenvalue weighted by molar-refractivity contribution is 0.0747. The van der Waals surface area contributed by atoms with Gasteiger partial charge in [0.05, 0.1) is 24.0 Å². The molecule has 1 aliphatic rings. The lowest BCUT2D eigenvalue weighted by Crippen LogP contribution is -2.48. The van der Waals surface area contributed by atoms with Crippen LogP contribution in [0.25, 0.3) is 16.9 Å². The van der Waals surface area contributed by atoms with Crippen LogP contribution >= 0.6 is 11.6 Å². The quantitative estimate of drug-likeness (QED) is 0.402. The standard InChI is InChI=1S/C27H25ClN4O2/c1-34-25-10-6-5-9-24(25)30-15-17-31(18-16-30)27(33)23-19-32(22-7-3-2-4-8-22)29-26(23)20-11-13-21(28)14-12-20/h2-14,19H,15-18H2,1H3. The predicted molar refractivity (Wildman–Crippen MR) is 135 cm³/mol. The number of methoxy groups -OCH3 is 1. The molecule has 0 saturated carbocycles. The van der Waals surface area contributed by atoms with E-state index in [1.807, 2.05) is 83.9 Å². The van der Waals surface area contributed by atoms with Crippen molar-refractivity contribution in [1.82, 2.24) is 14.7 Å². The van der Waals surface area contributed by atoms with Crippen LogP contribution in [0.1, 0.15) is 10.4 Å². The van der Waals surface area contributed by atoms with Gasteiger partial charge in [0.1, 0.15) is 11.4 Å². The zero-order valence-electron chi connectivity index (χ0n) is 18.9. The molecule has 0 N–H and O–H groups in total. The number of hydrogen-bond acceptors (Lipinski definition) is 4. The number of amides is 1. The molecule has 6 nitrogen and oxygen atoms in total. The van der Waals surface area contributed by atoms with Crippen LogP contribution < -0.4 is 9.64 Å². The Balaban J connectivity index is 1.42. The van der Waals surface area contributed by atoms with Crippen LogP contribution in [0.4, 0.5) is 5.69 Å². The minimum atomic E-state index is -0.0215. The summed E-state index contributed by atoms with van der Waals surface area (Å²) in [5.74, 6) is 0.822. The van der Waals surface area contributed by atoms with E-state index in [1.165, 1.54) is 0 Å². The molecule has 0 atom stereocenters. The number of piperazine rings is 1. The third-order valence-electron chi connectivity index (χ3n) is 6.08. The number of carbonyl (C=O) groups excluding carboxylic acids is 1. The van der Waals surface area contributed by atoms with Crippen molar-refractivity contribution < 1.29 is 9.53 Å². The van der Waals surface area contributed by atoms with Crippen molar-refractivity contribution in [2.45, 2.75) is 0 Å². The zero-order chi connectivity index (χ0) is 23.5. The second kappa shape index (κ2) is 9.61. The van der Waals surface area contributed by atoms with Gasteiger partial charge in [-0.1, -0.05) is 54.1 Å². The van der Waals surface area contributed by atoms with Crippen LogP contribution in [0.2, 0.25) is 5.02 Å².